The number of hydrogen-bond acceptors (Lipinski definition) is 3. The first-order valence-electron chi connectivity index (χ1n) is 10.0. The molecule has 0 unspecified atom stereocenters. The van der Waals surface area contributed by atoms with Crippen molar-refractivity contribution >= 4 is 16.7 Å². The lowest BCUT2D eigenvalue weighted by Gasteiger charge is -2.15. The highest BCUT2D eigenvalue weighted by atomic mass is 15.3. The Bertz CT molecular complexity index is 1160. The molecule has 5 nitrogen and oxygen atoms in total. The summed E-state index contributed by atoms with van der Waals surface area (Å²) < 4.78 is 4.19. The summed E-state index contributed by atoms with van der Waals surface area (Å²) in [6, 6.07) is 10.4. The maximum atomic E-state index is 4.94. The summed E-state index contributed by atoms with van der Waals surface area (Å²) >= 11 is 0. The number of para-hydroxylation sites is 2. The number of fused-ring (bicyclic) bond motifs is 2. The second-order valence-corrected chi connectivity index (χ2v) is 7.36. The van der Waals surface area contributed by atoms with Crippen molar-refractivity contribution in [2.45, 2.75) is 53.0 Å². The quantitative estimate of drug-likeness (QED) is 0.422. The standard InChI is InChI=1S/C23H27N5/c1-6-13-27-20-12-10-9-11-19(20)25-23(27)21-16(5)24-22-18(17(7-2)8-3)14-15(4)26-28(21)22/h6,9-12,14,17H,1,7-8,13H2,2-5H3. The maximum absolute atomic E-state index is 4.94. The first-order valence-corrected chi connectivity index (χ1v) is 10.0. The van der Waals surface area contributed by atoms with Crippen LogP contribution in [0.1, 0.15) is 49.6 Å². The van der Waals surface area contributed by atoms with Gasteiger partial charge in [-0.3, -0.25) is 0 Å². The predicted octanol–water partition coefficient (Wildman–Crippen LogP) is 5.45. The topological polar surface area (TPSA) is 48.0 Å². The minimum absolute atomic E-state index is 0.478. The number of benzene rings is 1. The molecule has 0 saturated carbocycles. The van der Waals surface area contributed by atoms with Gasteiger partial charge < -0.3 is 4.57 Å². The van der Waals surface area contributed by atoms with Gasteiger partial charge in [0, 0.05) is 12.1 Å². The van der Waals surface area contributed by atoms with Crippen molar-refractivity contribution in [1.29, 1.82) is 0 Å². The molecule has 0 aliphatic rings. The predicted molar refractivity (Wildman–Crippen MR) is 115 cm³/mol. The lowest BCUT2D eigenvalue weighted by atomic mass is 9.95. The van der Waals surface area contributed by atoms with E-state index in [1.54, 1.807) is 0 Å². The van der Waals surface area contributed by atoms with E-state index in [4.69, 9.17) is 15.1 Å². The molecule has 0 atom stereocenters. The number of hydrogen-bond donors (Lipinski definition) is 0. The fourth-order valence-electron chi connectivity index (χ4n) is 4.13. The van der Waals surface area contributed by atoms with Gasteiger partial charge in [-0.05, 0) is 50.8 Å². The Hall–Kier alpha value is -2.95. The van der Waals surface area contributed by atoms with Crippen LogP contribution in [0.15, 0.2) is 43.0 Å². The largest absolute Gasteiger partial charge is 0.319 e. The molecule has 1 aromatic carbocycles. The van der Waals surface area contributed by atoms with Crippen molar-refractivity contribution in [3.05, 3.63) is 59.9 Å². The van der Waals surface area contributed by atoms with Crippen LogP contribution in [0.4, 0.5) is 0 Å². The molecule has 0 N–H and O–H groups in total. The van der Waals surface area contributed by atoms with E-state index >= 15 is 0 Å². The van der Waals surface area contributed by atoms with Crippen LogP contribution >= 0.6 is 0 Å². The summed E-state index contributed by atoms with van der Waals surface area (Å²) in [5.74, 6) is 1.37. The van der Waals surface area contributed by atoms with Gasteiger partial charge >= 0.3 is 0 Å². The van der Waals surface area contributed by atoms with Crippen LogP contribution in [0.25, 0.3) is 28.2 Å². The fraction of sp³-hybridized carbons (Fsp3) is 0.348. The molecule has 0 radical (unpaired) electrons. The number of imidazole rings is 2. The fourth-order valence-corrected chi connectivity index (χ4v) is 4.13. The third-order valence-electron chi connectivity index (χ3n) is 5.51. The lowest BCUT2D eigenvalue weighted by molar-refractivity contribution is 0.638. The van der Waals surface area contributed by atoms with Crippen LogP contribution in [-0.4, -0.2) is 24.1 Å². The average molecular weight is 374 g/mol. The van der Waals surface area contributed by atoms with Crippen molar-refractivity contribution in [1.82, 2.24) is 24.1 Å². The van der Waals surface area contributed by atoms with Crippen LogP contribution in [0, 0.1) is 13.8 Å². The van der Waals surface area contributed by atoms with E-state index in [0.717, 1.165) is 52.4 Å². The summed E-state index contributed by atoms with van der Waals surface area (Å²) in [4.78, 5) is 9.88. The van der Waals surface area contributed by atoms with Crippen molar-refractivity contribution < 1.29 is 0 Å². The first-order chi connectivity index (χ1) is 13.6. The number of rotatable bonds is 6. The van der Waals surface area contributed by atoms with Crippen molar-refractivity contribution in [3.63, 3.8) is 0 Å². The summed E-state index contributed by atoms with van der Waals surface area (Å²) in [6.45, 7) is 13.2. The lowest BCUT2D eigenvalue weighted by Crippen LogP contribution is -2.07. The Morgan fingerprint density at radius 3 is 2.57 bits per heavy atom. The Labute approximate surface area is 165 Å². The molecule has 5 heteroatoms. The molecule has 0 fully saturated rings. The molecule has 0 bridgehead atoms. The van der Waals surface area contributed by atoms with Gasteiger partial charge in [0.05, 0.1) is 22.4 Å². The molecule has 144 valence electrons. The van der Waals surface area contributed by atoms with Crippen molar-refractivity contribution in [2.24, 2.45) is 0 Å². The highest BCUT2D eigenvalue weighted by Gasteiger charge is 2.23. The minimum atomic E-state index is 0.478. The van der Waals surface area contributed by atoms with Gasteiger partial charge in [-0.2, -0.15) is 5.10 Å². The van der Waals surface area contributed by atoms with Crippen LogP contribution in [0.3, 0.4) is 0 Å². The van der Waals surface area contributed by atoms with E-state index in [-0.39, 0.29) is 0 Å². The number of aryl methyl sites for hydroxylation is 2. The third-order valence-corrected chi connectivity index (χ3v) is 5.51. The number of allylic oxidation sites excluding steroid dienone is 1. The van der Waals surface area contributed by atoms with E-state index < -0.39 is 0 Å². The van der Waals surface area contributed by atoms with Gasteiger partial charge in [0.15, 0.2) is 11.5 Å². The second-order valence-electron chi connectivity index (χ2n) is 7.36. The zero-order valence-electron chi connectivity index (χ0n) is 17.1. The van der Waals surface area contributed by atoms with Gasteiger partial charge in [-0.25, -0.2) is 14.5 Å². The van der Waals surface area contributed by atoms with Crippen molar-refractivity contribution in [3.8, 4) is 11.5 Å². The maximum Gasteiger partial charge on any atom is 0.162 e. The summed E-state index contributed by atoms with van der Waals surface area (Å²) in [6.07, 6.45) is 4.09. The van der Waals surface area contributed by atoms with Crippen LogP contribution in [-0.2, 0) is 6.54 Å². The minimum Gasteiger partial charge on any atom is -0.319 e. The Morgan fingerprint density at radius 2 is 1.86 bits per heavy atom. The van der Waals surface area contributed by atoms with E-state index in [2.05, 4.69) is 44.0 Å². The molecule has 0 aliphatic carbocycles. The van der Waals surface area contributed by atoms with E-state index in [9.17, 15) is 0 Å². The van der Waals surface area contributed by atoms with Crippen LogP contribution < -0.4 is 0 Å². The van der Waals surface area contributed by atoms with E-state index in [1.807, 2.05) is 35.7 Å². The molecule has 3 aromatic heterocycles. The molecule has 3 heterocycles. The van der Waals surface area contributed by atoms with Gasteiger partial charge in [0.1, 0.15) is 5.69 Å². The Balaban J connectivity index is 2.05. The molecule has 4 aromatic rings. The van der Waals surface area contributed by atoms with Gasteiger partial charge in [-0.15, -0.1) is 6.58 Å². The van der Waals surface area contributed by atoms with Gasteiger partial charge in [0.2, 0.25) is 0 Å². The van der Waals surface area contributed by atoms with E-state index in [0.29, 0.717) is 12.5 Å². The Morgan fingerprint density at radius 1 is 1.11 bits per heavy atom. The molecule has 0 aliphatic heterocycles. The van der Waals surface area contributed by atoms with E-state index in [1.165, 1.54) is 5.56 Å². The second kappa shape index (κ2) is 7.23. The molecule has 0 saturated heterocycles. The van der Waals surface area contributed by atoms with Gasteiger partial charge in [-0.1, -0.05) is 32.1 Å². The monoisotopic (exact) mass is 373 g/mol. The highest BCUT2D eigenvalue weighted by molar-refractivity contribution is 5.81. The summed E-state index contributed by atoms with van der Waals surface area (Å²) in [5, 5.41) is 4.83. The smallest absolute Gasteiger partial charge is 0.162 e. The molecule has 4 rings (SSSR count). The number of aromatic nitrogens is 5. The molecular formula is C23H27N5. The normalized spacial score (nSPS) is 11.8. The SMILES string of the molecule is C=CCn1c(-c2c(C)nc3c(C(CC)CC)cc(C)nn23)nc2ccccc21. The molecular weight excluding hydrogens is 346 g/mol. The zero-order valence-corrected chi connectivity index (χ0v) is 17.1. The van der Waals surface area contributed by atoms with Crippen molar-refractivity contribution in [2.75, 3.05) is 0 Å². The molecule has 28 heavy (non-hydrogen) atoms. The van der Waals surface area contributed by atoms with Crippen LogP contribution in [0.2, 0.25) is 0 Å². The summed E-state index contributed by atoms with van der Waals surface area (Å²) in [7, 11) is 0. The highest BCUT2D eigenvalue weighted by Crippen LogP contribution is 2.32. The van der Waals surface area contributed by atoms with Crippen LogP contribution in [0.5, 0.6) is 0 Å². The Kier molecular flexibility index (Phi) is 4.75. The third kappa shape index (κ3) is 2.82. The summed E-state index contributed by atoms with van der Waals surface area (Å²) in [5.41, 5.74) is 7.21. The average Bonchev–Trinajstić information content (AvgIpc) is 3.20. The van der Waals surface area contributed by atoms with Gasteiger partial charge in [0.25, 0.3) is 0 Å². The first kappa shape index (κ1) is 18.4. The molecule has 0 amide bonds. The molecule has 0 spiro atoms. The number of nitrogens with zero attached hydrogens (tertiary/aromatic N) is 5. The zero-order chi connectivity index (χ0) is 19.8.